The fraction of sp³-hybridized carbons (Fsp3) is 0.636. The molecule has 0 bridgehead atoms. The van der Waals surface area contributed by atoms with Crippen molar-refractivity contribution in [3.63, 3.8) is 0 Å². The second kappa shape index (κ2) is 7.63. The molecule has 3 aliphatic rings. The van der Waals surface area contributed by atoms with Gasteiger partial charge in [0.15, 0.2) is 0 Å². The van der Waals surface area contributed by atoms with Gasteiger partial charge in [0.25, 0.3) is 5.91 Å². The first-order chi connectivity index (χ1) is 13.1. The Morgan fingerprint density at radius 3 is 2.37 bits per heavy atom. The van der Waals surface area contributed by atoms with Crippen molar-refractivity contribution in [2.24, 2.45) is 11.8 Å². The molecular weight excluding hydrogens is 338 g/mol. The Balaban J connectivity index is 1.30. The van der Waals surface area contributed by atoms with Crippen LogP contribution in [0.2, 0.25) is 0 Å². The number of rotatable bonds is 4. The summed E-state index contributed by atoms with van der Waals surface area (Å²) in [4.78, 5) is 29.2. The summed E-state index contributed by atoms with van der Waals surface area (Å²) in [5.74, 6) is 1.35. The van der Waals surface area contributed by atoms with E-state index in [9.17, 15) is 9.59 Å². The third-order valence-corrected chi connectivity index (χ3v) is 6.79. The van der Waals surface area contributed by atoms with Crippen LogP contribution in [0.5, 0.6) is 0 Å². The topological polar surface area (TPSA) is 52.7 Å². The molecule has 2 heterocycles. The van der Waals surface area contributed by atoms with E-state index in [2.05, 4.69) is 47.5 Å². The number of nitrogens with one attached hydrogen (secondary N) is 1. The maximum absolute atomic E-state index is 13.0. The molecule has 2 saturated heterocycles. The van der Waals surface area contributed by atoms with E-state index >= 15 is 0 Å². The van der Waals surface area contributed by atoms with Gasteiger partial charge in [0.05, 0.1) is 6.67 Å². The average molecular weight is 370 g/mol. The number of carbonyl (C=O) groups excluding carboxylic acids is 2. The van der Waals surface area contributed by atoms with Crippen LogP contribution in [0.3, 0.4) is 0 Å². The molecule has 1 aliphatic carbocycles. The van der Waals surface area contributed by atoms with Gasteiger partial charge in [-0.25, -0.2) is 9.69 Å². The molecule has 3 amide bonds. The summed E-state index contributed by atoms with van der Waals surface area (Å²) in [5.41, 5.74) is 0.786. The number of benzene rings is 1. The van der Waals surface area contributed by atoms with Crippen molar-refractivity contribution >= 4 is 11.9 Å². The SMILES string of the molecule is CC1CCC2(CC1)NC(=O)N(CN1CCC(Cc3ccccc3)CC1)C2=O. The van der Waals surface area contributed by atoms with Gasteiger partial charge in [-0.05, 0) is 62.3 Å². The number of imide groups is 1. The maximum atomic E-state index is 13.0. The largest absolute Gasteiger partial charge is 0.326 e. The Bertz CT molecular complexity index is 674. The van der Waals surface area contributed by atoms with Crippen LogP contribution in [0.25, 0.3) is 0 Å². The Kier molecular flexibility index (Phi) is 5.22. The number of amides is 3. The maximum Gasteiger partial charge on any atom is 0.326 e. The molecule has 1 aromatic carbocycles. The van der Waals surface area contributed by atoms with Gasteiger partial charge in [0.1, 0.15) is 5.54 Å². The van der Waals surface area contributed by atoms with Gasteiger partial charge < -0.3 is 5.32 Å². The zero-order valence-corrected chi connectivity index (χ0v) is 16.3. The predicted molar refractivity (Wildman–Crippen MR) is 105 cm³/mol. The van der Waals surface area contributed by atoms with E-state index in [1.54, 1.807) is 0 Å². The molecule has 1 N–H and O–H groups in total. The number of hydrogen-bond donors (Lipinski definition) is 1. The number of nitrogens with zero attached hydrogens (tertiary/aromatic N) is 2. The second-order valence-corrected chi connectivity index (χ2v) is 8.82. The summed E-state index contributed by atoms with van der Waals surface area (Å²) in [7, 11) is 0. The Hall–Kier alpha value is -1.88. The van der Waals surface area contributed by atoms with Gasteiger partial charge in [0.2, 0.25) is 0 Å². The quantitative estimate of drug-likeness (QED) is 0.828. The van der Waals surface area contributed by atoms with E-state index < -0.39 is 5.54 Å². The highest BCUT2D eigenvalue weighted by Gasteiger charge is 2.52. The first-order valence-corrected chi connectivity index (χ1v) is 10.5. The fourth-order valence-electron chi connectivity index (χ4n) is 4.88. The molecule has 0 radical (unpaired) electrons. The monoisotopic (exact) mass is 369 g/mol. The predicted octanol–water partition coefficient (Wildman–Crippen LogP) is 3.40. The second-order valence-electron chi connectivity index (χ2n) is 8.82. The molecule has 5 heteroatoms. The van der Waals surface area contributed by atoms with Crippen LogP contribution in [0.15, 0.2) is 30.3 Å². The van der Waals surface area contributed by atoms with Crippen molar-refractivity contribution in [3.8, 4) is 0 Å². The molecule has 1 spiro atoms. The van der Waals surface area contributed by atoms with Crippen LogP contribution in [0.4, 0.5) is 4.79 Å². The van der Waals surface area contributed by atoms with Gasteiger partial charge in [-0.3, -0.25) is 9.69 Å². The number of carbonyl (C=O) groups is 2. The van der Waals surface area contributed by atoms with Crippen LogP contribution in [0.1, 0.15) is 51.0 Å². The minimum absolute atomic E-state index is 0.00538. The highest BCUT2D eigenvalue weighted by molar-refractivity contribution is 6.07. The molecule has 0 aromatic heterocycles. The Morgan fingerprint density at radius 2 is 1.70 bits per heavy atom. The zero-order chi connectivity index (χ0) is 18.9. The lowest BCUT2D eigenvalue weighted by Crippen LogP contribution is -2.50. The summed E-state index contributed by atoms with van der Waals surface area (Å²) < 4.78 is 0. The number of urea groups is 1. The summed E-state index contributed by atoms with van der Waals surface area (Å²) in [6.07, 6.45) is 6.99. The first kappa shape index (κ1) is 18.5. The first-order valence-electron chi connectivity index (χ1n) is 10.5. The minimum Gasteiger partial charge on any atom is -0.323 e. The molecular formula is C22H31N3O2. The fourth-order valence-corrected chi connectivity index (χ4v) is 4.88. The van der Waals surface area contributed by atoms with Crippen molar-refractivity contribution in [1.29, 1.82) is 0 Å². The van der Waals surface area contributed by atoms with Crippen molar-refractivity contribution in [2.45, 2.75) is 57.4 Å². The molecule has 0 unspecified atom stereocenters. The summed E-state index contributed by atoms with van der Waals surface area (Å²) in [5, 5.41) is 3.03. The van der Waals surface area contributed by atoms with Gasteiger partial charge >= 0.3 is 6.03 Å². The molecule has 27 heavy (non-hydrogen) atoms. The molecule has 1 saturated carbocycles. The smallest absolute Gasteiger partial charge is 0.323 e. The van der Waals surface area contributed by atoms with E-state index in [1.807, 2.05) is 0 Å². The van der Waals surface area contributed by atoms with Crippen LogP contribution < -0.4 is 5.32 Å². The van der Waals surface area contributed by atoms with Crippen LogP contribution in [-0.4, -0.2) is 47.0 Å². The van der Waals surface area contributed by atoms with Crippen LogP contribution in [-0.2, 0) is 11.2 Å². The lowest BCUT2D eigenvalue weighted by atomic mass is 9.77. The van der Waals surface area contributed by atoms with Gasteiger partial charge in [-0.1, -0.05) is 37.3 Å². The van der Waals surface area contributed by atoms with Crippen molar-refractivity contribution in [1.82, 2.24) is 15.1 Å². The zero-order valence-electron chi connectivity index (χ0n) is 16.3. The van der Waals surface area contributed by atoms with Crippen LogP contribution >= 0.6 is 0 Å². The molecule has 3 fully saturated rings. The molecule has 2 aliphatic heterocycles. The van der Waals surface area contributed by atoms with Gasteiger partial charge in [0, 0.05) is 13.1 Å². The number of likely N-dealkylation sites (tertiary alicyclic amines) is 1. The summed E-state index contributed by atoms with van der Waals surface area (Å²) in [6.45, 7) is 4.59. The van der Waals surface area contributed by atoms with E-state index in [1.165, 1.54) is 10.5 Å². The lowest BCUT2D eigenvalue weighted by molar-refractivity contribution is -0.134. The highest BCUT2D eigenvalue weighted by Crippen LogP contribution is 2.36. The third kappa shape index (κ3) is 3.88. The van der Waals surface area contributed by atoms with E-state index in [0.29, 0.717) is 18.5 Å². The van der Waals surface area contributed by atoms with Crippen LogP contribution in [0, 0.1) is 11.8 Å². The normalized spacial score (nSPS) is 30.1. The minimum atomic E-state index is -0.616. The molecule has 1 aromatic rings. The molecule has 4 rings (SSSR count). The summed E-state index contributed by atoms with van der Waals surface area (Å²) in [6, 6.07) is 10.5. The standard InChI is InChI=1S/C22H31N3O2/c1-17-7-11-22(12-8-17)20(26)25(21(27)23-22)16-24-13-9-19(10-14-24)15-18-5-3-2-4-6-18/h2-6,17,19H,7-16H2,1H3,(H,23,27). The van der Waals surface area contributed by atoms with E-state index in [0.717, 1.165) is 58.0 Å². The average Bonchev–Trinajstić information content (AvgIpc) is 2.91. The molecule has 5 nitrogen and oxygen atoms in total. The van der Waals surface area contributed by atoms with Crippen molar-refractivity contribution < 1.29 is 9.59 Å². The summed E-state index contributed by atoms with van der Waals surface area (Å²) >= 11 is 0. The third-order valence-electron chi connectivity index (χ3n) is 6.79. The number of piperidine rings is 1. The van der Waals surface area contributed by atoms with Gasteiger partial charge in [-0.2, -0.15) is 0 Å². The lowest BCUT2D eigenvalue weighted by Gasteiger charge is -2.35. The highest BCUT2D eigenvalue weighted by atomic mass is 16.2. The van der Waals surface area contributed by atoms with E-state index in [-0.39, 0.29) is 11.9 Å². The molecule has 146 valence electrons. The Labute approximate surface area is 162 Å². The Morgan fingerprint density at radius 1 is 1.04 bits per heavy atom. The van der Waals surface area contributed by atoms with Crippen molar-refractivity contribution in [2.75, 3.05) is 19.8 Å². The molecule has 0 atom stereocenters. The number of hydrogen-bond acceptors (Lipinski definition) is 3. The van der Waals surface area contributed by atoms with Gasteiger partial charge in [-0.15, -0.1) is 0 Å². The van der Waals surface area contributed by atoms with Crippen molar-refractivity contribution in [3.05, 3.63) is 35.9 Å². The van der Waals surface area contributed by atoms with E-state index in [4.69, 9.17) is 0 Å².